The lowest BCUT2D eigenvalue weighted by atomic mass is 10.1. The molecule has 0 saturated heterocycles. The molecule has 0 heterocycles. The highest BCUT2D eigenvalue weighted by Gasteiger charge is 2.18. The first-order valence-corrected chi connectivity index (χ1v) is 11.0. The van der Waals surface area contributed by atoms with Gasteiger partial charge in [0.05, 0.1) is 15.4 Å². The number of nitro groups is 1. The van der Waals surface area contributed by atoms with Crippen molar-refractivity contribution in [2.45, 2.75) is 5.75 Å². The summed E-state index contributed by atoms with van der Waals surface area (Å²) in [4.78, 5) is 34.7. The second kappa shape index (κ2) is 10.6. The van der Waals surface area contributed by atoms with Crippen LogP contribution >= 0.6 is 35.0 Å². The summed E-state index contributed by atoms with van der Waals surface area (Å²) in [5.41, 5.74) is 0.482. The number of carboxylic acid groups (broad SMARTS) is 1. The molecule has 0 aliphatic heterocycles. The minimum absolute atomic E-state index is 0.0202. The molecule has 3 rings (SSSR count). The molecule has 0 saturated carbocycles. The van der Waals surface area contributed by atoms with Crippen LogP contribution in [0.3, 0.4) is 0 Å². The lowest BCUT2D eigenvalue weighted by molar-refractivity contribution is -0.387. The molecule has 0 radical (unpaired) electrons. The third-order valence-electron chi connectivity index (χ3n) is 4.48. The summed E-state index contributed by atoms with van der Waals surface area (Å²) >= 11 is 13.3. The summed E-state index contributed by atoms with van der Waals surface area (Å²) < 4.78 is 13.7. The minimum Gasteiger partial charge on any atom is -0.478 e. The fraction of sp³-hybridized carbons (Fsp3) is 0.0435. The maximum Gasteiger partial charge on any atom is 0.335 e. The normalized spacial score (nSPS) is 11.3. The molecule has 0 fully saturated rings. The van der Waals surface area contributed by atoms with E-state index in [1.54, 1.807) is 18.2 Å². The van der Waals surface area contributed by atoms with Crippen molar-refractivity contribution >= 4 is 58.5 Å². The zero-order valence-electron chi connectivity index (χ0n) is 16.6. The van der Waals surface area contributed by atoms with E-state index in [1.807, 2.05) is 0 Å². The second-order valence-corrected chi connectivity index (χ2v) is 8.57. The van der Waals surface area contributed by atoms with Crippen molar-refractivity contribution in [2.75, 3.05) is 0 Å². The number of carbonyl (C=O) groups is 2. The number of carboxylic acids is 1. The molecule has 0 aromatic heterocycles. The van der Waals surface area contributed by atoms with Gasteiger partial charge in [-0.3, -0.25) is 14.9 Å². The smallest absolute Gasteiger partial charge is 0.335 e. The van der Waals surface area contributed by atoms with Crippen LogP contribution in [0.5, 0.6) is 0 Å². The minimum atomic E-state index is -1.13. The van der Waals surface area contributed by atoms with Gasteiger partial charge in [-0.05, 0) is 47.5 Å². The SMILES string of the molecule is O=C(O)c1ccc(C(=O)C(=Cc2ccc(F)c([N+](=O)[O-])c2)SCc2ccc(Cl)cc2Cl)cc1. The van der Waals surface area contributed by atoms with E-state index in [0.717, 1.165) is 23.9 Å². The van der Waals surface area contributed by atoms with Gasteiger partial charge in [-0.15, -0.1) is 11.8 Å². The maximum absolute atomic E-state index is 13.7. The summed E-state index contributed by atoms with van der Waals surface area (Å²) in [6, 6.07) is 13.6. The van der Waals surface area contributed by atoms with E-state index >= 15 is 0 Å². The Hall–Kier alpha value is -3.20. The van der Waals surface area contributed by atoms with Gasteiger partial charge >= 0.3 is 11.7 Å². The molecule has 0 aliphatic carbocycles. The molecule has 0 bridgehead atoms. The molecule has 0 spiro atoms. The van der Waals surface area contributed by atoms with Crippen molar-refractivity contribution in [3.05, 3.63) is 114 Å². The summed E-state index contributed by atoms with van der Waals surface area (Å²) in [5, 5.41) is 21.0. The molecular formula is C23H14Cl2FNO5S. The third kappa shape index (κ3) is 6.19. The van der Waals surface area contributed by atoms with Crippen molar-refractivity contribution in [3.8, 4) is 0 Å². The van der Waals surface area contributed by atoms with Gasteiger partial charge in [0.15, 0.2) is 5.78 Å². The fourth-order valence-electron chi connectivity index (χ4n) is 2.78. The number of ketones is 1. The second-order valence-electron chi connectivity index (χ2n) is 6.71. The Bertz CT molecular complexity index is 1280. The van der Waals surface area contributed by atoms with E-state index in [9.17, 15) is 24.1 Å². The number of Topliss-reactive ketones (excluding diaryl/α,β-unsaturated/α-hetero) is 1. The molecule has 3 aromatic carbocycles. The van der Waals surface area contributed by atoms with Crippen LogP contribution in [0.15, 0.2) is 65.6 Å². The lowest BCUT2D eigenvalue weighted by Crippen LogP contribution is -2.03. The van der Waals surface area contributed by atoms with Crippen molar-refractivity contribution in [1.29, 1.82) is 0 Å². The van der Waals surface area contributed by atoms with Crippen LogP contribution in [0.1, 0.15) is 31.8 Å². The van der Waals surface area contributed by atoms with Crippen LogP contribution in [0.2, 0.25) is 10.0 Å². The van der Waals surface area contributed by atoms with Crippen molar-refractivity contribution < 1.29 is 24.0 Å². The van der Waals surface area contributed by atoms with Crippen LogP contribution in [0, 0.1) is 15.9 Å². The van der Waals surface area contributed by atoms with Gasteiger partial charge in [0.25, 0.3) is 0 Å². The average Bonchev–Trinajstić information content (AvgIpc) is 2.78. The zero-order chi connectivity index (χ0) is 24.1. The molecule has 10 heteroatoms. The number of hydrogen-bond acceptors (Lipinski definition) is 5. The van der Waals surface area contributed by atoms with Gasteiger partial charge in [-0.2, -0.15) is 4.39 Å². The fourth-order valence-corrected chi connectivity index (χ4v) is 4.37. The van der Waals surface area contributed by atoms with E-state index in [-0.39, 0.29) is 27.3 Å². The molecule has 33 heavy (non-hydrogen) atoms. The van der Waals surface area contributed by atoms with Gasteiger partial charge < -0.3 is 5.11 Å². The first-order valence-electron chi connectivity index (χ1n) is 9.26. The van der Waals surface area contributed by atoms with Gasteiger partial charge in [0, 0.05) is 27.4 Å². The van der Waals surface area contributed by atoms with Crippen LogP contribution in [0.4, 0.5) is 10.1 Å². The van der Waals surface area contributed by atoms with Crippen molar-refractivity contribution in [3.63, 3.8) is 0 Å². The van der Waals surface area contributed by atoms with Crippen LogP contribution < -0.4 is 0 Å². The highest BCUT2D eigenvalue weighted by atomic mass is 35.5. The van der Waals surface area contributed by atoms with Crippen LogP contribution in [-0.4, -0.2) is 21.8 Å². The van der Waals surface area contributed by atoms with E-state index in [4.69, 9.17) is 28.3 Å². The van der Waals surface area contributed by atoms with Gasteiger partial charge in [0.2, 0.25) is 5.82 Å². The Labute approximate surface area is 201 Å². The van der Waals surface area contributed by atoms with Gasteiger partial charge in [0.1, 0.15) is 0 Å². The highest BCUT2D eigenvalue weighted by Crippen LogP contribution is 2.32. The number of benzene rings is 3. The first-order chi connectivity index (χ1) is 15.7. The maximum atomic E-state index is 13.7. The van der Waals surface area contributed by atoms with E-state index in [2.05, 4.69) is 0 Å². The van der Waals surface area contributed by atoms with Crippen molar-refractivity contribution in [2.24, 2.45) is 0 Å². The summed E-state index contributed by atoms with van der Waals surface area (Å²) in [6.07, 6.45) is 1.41. The number of aromatic carboxylic acids is 1. The number of nitro benzene ring substituents is 1. The Morgan fingerprint density at radius 3 is 2.30 bits per heavy atom. The monoisotopic (exact) mass is 505 g/mol. The molecule has 0 unspecified atom stereocenters. The molecular weight excluding hydrogens is 492 g/mol. The standard InChI is InChI=1S/C23H14Cl2FNO5S/c24-17-7-6-16(18(25)11-17)12-33-21(10-13-1-8-19(26)20(9-13)27(31)32)22(28)14-2-4-15(5-3-14)23(29)30/h1-11H,12H2,(H,29,30). The summed E-state index contributed by atoms with van der Waals surface area (Å²) in [6.45, 7) is 0. The van der Waals surface area contributed by atoms with E-state index < -0.39 is 28.2 Å². The van der Waals surface area contributed by atoms with Crippen LogP contribution in [-0.2, 0) is 5.75 Å². The highest BCUT2D eigenvalue weighted by molar-refractivity contribution is 8.03. The zero-order valence-corrected chi connectivity index (χ0v) is 19.0. The predicted molar refractivity (Wildman–Crippen MR) is 127 cm³/mol. The Morgan fingerprint density at radius 2 is 1.70 bits per heavy atom. The predicted octanol–water partition coefficient (Wildman–Crippen LogP) is 6.90. The number of carbonyl (C=O) groups excluding carboxylic acids is 1. The lowest BCUT2D eigenvalue weighted by Gasteiger charge is -2.09. The average molecular weight is 506 g/mol. The quantitative estimate of drug-likeness (QED) is 0.155. The number of halogens is 3. The van der Waals surface area contributed by atoms with E-state index in [1.165, 1.54) is 36.4 Å². The number of rotatable bonds is 8. The van der Waals surface area contributed by atoms with Crippen molar-refractivity contribution in [1.82, 2.24) is 0 Å². The Kier molecular flexibility index (Phi) is 7.86. The third-order valence-corrected chi connectivity index (χ3v) is 6.14. The molecule has 168 valence electrons. The van der Waals surface area contributed by atoms with Crippen LogP contribution in [0.25, 0.3) is 6.08 Å². The molecule has 3 aromatic rings. The molecule has 0 atom stereocenters. The topological polar surface area (TPSA) is 97.5 Å². The Balaban J connectivity index is 1.98. The summed E-state index contributed by atoms with van der Waals surface area (Å²) in [7, 11) is 0. The number of nitrogens with zero attached hydrogens (tertiary/aromatic N) is 1. The molecule has 1 N–H and O–H groups in total. The molecule has 0 amide bonds. The number of hydrogen-bond donors (Lipinski definition) is 1. The van der Waals surface area contributed by atoms with Gasteiger partial charge in [-0.1, -0.05) is 47.5 Å². The first kappa shape index (κ1) is 24.4. The molecule has 0 aliphatic rings. The summed E-state index contributed by atoms with van der Waals surface area (Å²) in [5.74, 6) is -2.27. The number of thioether (sulfide) groups is 1. The number of allylic oxidation sites excluding steroid dienone is 1. The largest absolute Gasteiger partial charge is 0.478 e. The molecule has 6 nitrogen and oxygen atoms in total. The Morgan fingerprint density at radius 1 is 1.03 bits per heavy atom. The van der Waals surface area contributed by atoms with E-state index in [0.29, 0.717) is 15.6 Å². The van der Waals surface area contributed by atoms with Gasteiger partial charge in [-0.25, -0.2) is 4.79 Å².